The van der Waals surface area contributed by atoms with Crippen LogP contribution in [0.25, 0.3) is 0 Å². The van der Waals surface area contributed by atoms with Crippen molar-refractivity contribution in [2.75, 3.05) is 0 Å². The molecule has 2 aliphatic rings. The van der Waals surface area contributed by atoms with E-state index in [9.17, 15) is 15.0 Å². The molecule has 5 atom stereocenters. The van der Waals surface area contributed by atoms with Crippen LogP contribution in [-0.4, -0.2) is 45.6 Å². The van der Waals surface area contributed by atoms with Crippen LogP contribution in [0.5, 0.6) is 0 Å². The maximum Gasteiger partial charge on any atom is 0.320 e. The average Bonchev–Trinajstić information content (AvgIpc) is 2.48. The van der Waals surface area contributed by atoms with Gasteiger partial charge in [0, 0.05) is 6.04 Å². The van der Waals surface area contributed by atoms with Crippen LogP contribution in [0.1, 0.15) is 19.3 Å². The van der Waals surface area contributed by atoms with Crippen molar-refractivity contribution in [1.82, 2.24) is 5.32 Å². The minimum Gasteiger partial charge on any atom is -0.480 e. The van der Waals surface area contributed by atoms with Gasteiger partial charge in [-0.3, -0.25) is 4.79 Å². The van der Waals surface area contributed by atoms with E-state index in [0.29, 0.717) is 19.3 Å². The maximum absolute atomic E-state index is 10.7. The Morgan fingerprint density at radius 2 is 1.79 bits per heavy atom. The summed E-state index contributed by atoms with van der Waals surface area (Å²) in [5, 5.41) is 30.6. The molecule has 5 heteroatoms. The van der Waals surface area contributed by atoms with Crippen molar-refractivity contribution >= 4 is 5.97 Å². The SMILES string of the molecule is O=C(O)C1CC2CC(O)C(O)CC2N1. The van der Waals surface area contributed by atoms with Crippen LogP contribution in [-0.2, 0) is 4.79 Å². The van der Waals surface area contributed by atoms with Gasteiger partial charge < -0.3 is 20.6 Å². The second-order valence-corrected chi connectivity index (χ2v) is 4.27. The van der Waals surface area contributed by atoms with E-state index in [0.717, 1.165) is 0 Å². The van der Waals surface area contributed by atoms with Gasteiger partial charge in [-0.2, -0.15) is 0 Å². The molecule has 1 aliphatic heterocycles. The lowest BCUT2D eigenvalue weighted by Gasteiger charge is -2.32. The number of aliphatic hydroxyl groups is 2. The zero-order valence-corrected chi connectivity index (χ0v) is 7.76. The van der Waals surface area contributed by atoms with Crippen LogP contribution in [0.15, 0.2) is 0 Å². The predicted molar refractivity (Wildman–Crippen MR) is 47.7 cm³/mol. The third kappa shape index (κ3) is 1.63. The summed E-state index contributed by atoms with van der Waals surface area (Å²) in [5.74, 6) is -0.655. The molecule has 0 bridgehead atoms. The molecule has 0 aromatic rings. The summed E-state index contributed by atoms with van der Waals surface area (Å²) < 4.78 is 0. The number of aliphatic hydroxyl groups excluding tert-OH is 2. The molecule has 1 saturated carbocycles. The highest BCUT2D eigenvalue weighted by molar-refractivity contribution is 5.74. The largest absolute Gasteiger partial charge is 0.480 e. The van der Waals surface area contributed by atoms with Gasteiger partial charge in [-0.1, -0.05) is 0 Å². The second kappa shape index (κ2) is 3.49. The minimum atomic E-state index is -0.844. The number of aliphatic carboxylic acids is 1. The highest BCUT2D eigenvalue weighted by atomic mass is 16.4. The van der Waals surface area contributed by atoms with Crippen molar-refractivity contribution in [1.29, 1.82) is 0 Å². The van der Waals surface area contributed by atoms with Gasteiger partial charge in [-0.15, -0.1) is 0 Å². The number of hydrogen-bond acceptors (Lipinski definition) is 4. The molecule has 2 rings (SSSR count). The van der Waals surface area contributed by atoms with Crippen LogP contribution >= 0.6 is 0 Å². The highest BCUT2D eigenvalue weighted by Gasteiger charge is 2.43. The van der Waals surface area contributed by atoms with Gasteiger partial charge in [0.2, 0.25) is 0 Å². The molecule has 0 aromatic carbocycles. The highest BCUT2D eigenvalue weighted by Crippen LogP contribution is 2.33. The molecule has 2 fully saturated rings. The monoisotopic (exact) mass is 201 g/mol. The van der Waals surface area contributed by atoms with Gasteiger partial charge in [0.25, 0.3) is 0 Å². The lowest BCUT2D eigenvalue weighted by atomic mass is 9.81. The molecule has 5 nitrogen and oxygen atoms in total. The zero-order chi connectivity index (χ0) is 10.3. The molecule has 5 unspecified atom stereocenters. The van der Waals surface area contributed by atoms with E-state index in [-0.39, 0.29) is 12.0 Å². The molecule has 80 valence electrons. The molecule has 0 spiro atoms. The van der Waals surface area contributed by atoms with Crippen molar-refractivity contribution in [2.24, 2.45) is 5.92 Å². The topological polar surface area (TPSA) is 89.8 Å². The molecule has 0 amide bonds. The average molecular weight is 201 g/mol. The van der Waals surface area contributed by atoms with E-state index in [1.165, 1.54) is 0 Å². The van der Waals surface area contributed by atoms with Crippen LogP contribution in [0.3, 0.4) is 0 Å². The molecule has 1 saturated heterocycles. The van der Waals surface area contributed by atoms with Gasteiger partial charge in [0.1, 0.15) is 6.04 Å². The van der Waals surface area contributed by atoms with Crippen LogP contribution < -0.4 is 5.32 Å². The van der Waals surface area contributed by atoms with Crippen LogP contribution in [0.2, 0.25) is 0 Å². The van der Waals surface area contributed by atoms with Crippen molar-refractivity contribution in [2.45, 2.75) is 43.6 Å². The Kier molecular flexibility index (Phi) is 2.47. The number of carbonyl (C=O) groups is 1. The molecule has 4 N–H and O–H groups in total. The summed E-state index contributed by atoms with van der Waals surface area (Å²) in [6.45, 7) is 0. The third-order valence-electron chi connectivity index (χ3n) is 3.30. The molecule has 14 heavy (non-hydrogen) atoms. The number of carboxylic acid groups (broad SMARTS) is 1. The zero-order valence-electron chi connectivity index (χ0n) is 7.76. The summed E-state index contributed by atoms with van der Waals surface area (Å²) in [4.78, 5) is 10.7. The molecule has 1 heterocycles. The second-order valence-electron chi connectivity index (χ2n) is 4.27. The Labute approximate surface area is 81.7 Å². The van der Waals surface area contributed by atoms with Crippen molar-refractivity contribution in [3.05, 3.63) is 0 Å². The number of carboxylic acids is 1. The first-order valence-corrected chi connectivity index (χ1v) is 4.93. The molecule has 0 aromatic heterocycles. The maximum atomic E-state index is 10.7. The molecular weight excluding hydrogens is 186 g/mol. The lowest BCUT2D eigenvalue weighted by molar-refractivity contribution is -0.139. The van der Waals surface area contributed by atoms with Gasteiger partial charge in [-0.05, 0) is 25.2 Å². The number of hydrogen-bond donors (Lipinski definition) is 4. The van der Waals surface area contributed by atoms with E-state index >= 15 is 0 Å². The normalized spacial score (nSPS) is 47.4. The summed E-state index contributed by atoms with van der Waals surface area (Å²) in [7, 11) is 0. The minimum absolute atomic E-state index is 0.0505. The van der Waals surface area contributed by atoms with E-state index in [2.05, 4.69) is 5.32 Å². The van der Waals surface area contributed by atoms with Crippen molar-refractivity contribution in [3.63, 3.8) is 0 Å². The number of rotatable bonds is 1. The molecular formula is C9H15NO4. The molecule has 1 aliphatic carbocycles. The third-order valence-corrected chi connectivity index (χ3v) is 3.30. The first kappa shape index (κ1) is 9.89. The van der Waals surface area contributed by atoms with Crippen molar-refractivity contribution < 1.29 is 20.1 Å². The van der Waals surface area contributed by atoms with Gasteiger partial charge in [0.05, 0.1) is 12.2 Å². The van der Waals surface area contributed by atoms with Crippen molar-refractivity contribution in [3.8, 4) is 0 Å². The quantitative estimate of drug-likeness (QED) is 0.434. The fourth-order valence-electron chi connectivity index (χ4n) is 2.51. The van der Waals surface area contributed by atoms with Crippen LogP contribution in [0.4, 0.5) is 0 Å². The van der Waals surface area contributed by atoms with Gasteiger partial charge >= 0.3 is 5.97 Å². The predicted octanol–water partition coefficient (Wildman–Crippen LogP) is -1.07. The van der Waals surface area contributed by atoms with E-state index in [1.807, 2.05) is 0 Å². The summed E-state index contributed by atoms with van der Waals surface area (Å²) in [6.07, 6.45) is 0.115. The number of fused-ring (bicyclic) bond motifs is 1. The van der Waals surface area contributed by atoms with Gasteiger partial charge in [-0.25, -0.2) is 0 Å². The Balaban J connectivity index is 2.01. The summed E-state index contributed by atoms with van der Waals surface area (Å²) in [6, 6.07) is -0.461. The standard InChI is InChI=1S/C9H15NO4/c11-7-2-4-1-6(9(13)14)10-5(4)3-8(7)12/h4-8,10-12H,1-3H2,(H,13,14). The lowest BCUT2D eigenvalue weighted by Crippen LogP contribution is -2.45. The fraction of sp³-hybridized carbons (Fsp3) is 0.889. The van der Waals surface area contributed by atoms with E-state index in [4.69, 9.17) is 5.11 Å². The Morgan fingerprint density at radius 1 is 1.14 bits per heavy atom. The smallest absolute Gasteiger partial charge is 0.320 e. The van der Waals surface area contributed by atoms with E-state index in [1.54, 1.807) is 0 Å². The van der Waals surface area contributed by atoms with E-state index < -0.39 is 24.2 Å². The Hall–Kier alpha value is -0.650. The van der Waals surface area contributed by atoms with Crippen LogP contribution in [0, 0.1) is 5.92 Å². The Bertz CT molecular complexity index is 227. The molecule has 0 radical (unpaired) electrons. The van der Waals surface area contributed by atoms with Gasteiger partial charge in [0.15, 0.2) is 0 Å². The fourth-order valence-corrected chi connectivity index (χ4v) is 2.51. The summed E-state index contributed by atoms with van der Waals surface area (Å²) in [5.41, 5.74) is 0. The first-order valence-electron chi connectivity index (χ1n) is 4.93. The number of nitrogens with one attached hydrogen (secondary N) is 1. The Morgan fingerprint density at radius 3 is 2.43 bits per heavy atom. The summed E-state index contributed by atoms with van der Waals surface area (Å²) >= 11 is 0. The first-order chi connectivity index (χ1) is 6.58.